The number of halogens is 3. The number of hydrogen-bond acceptors (Lipinski definition) is 2. The number of aromatic amines is 1. The van der Waals surface area contributed by atoms with Crippen LogP contribution in [0.5, 0.6) is 0 Å². The Morgan fingerprint density at radius 1 is 0.973 bits per heavy atom. The van der Waals surface area contributed by atoms with Crippen molar-refractivity contribution < 1.29 is 23.1 Å². The maximum absolute atomic E-state index is 14.0. The Morgan fingerprint density at radius 3 is 2.24 bits per heavy atom. The predicted molar refractivity (Wildman–Crippen MR) is 135 cm³/mol. The summed E-state index contributed by atoms with van der Waals surface area (Å²) in [4.78, 5) is 29.1. The van der Waals surface area contributed by atoms with E-state index in [-0.39, 0.29) is 0 Å². The largest absolute Gasteiger partial charge is 0.481 e. The fraction of sp³-hybridized carbons (Fsp3) is 0.214. The van der Waals surface area contributed by atoms with Crippen LogP contribution in [0.3, 0.4) is 0 Å². The molecule has 2 aromatic heterocycles. The molecule has 6 nitrogen and oxygen atoms in total. The first-order valence-electron chi connectivity index (χ1n) is 11.7. The van der Waals surface area contributed by atoms with Crippen LogP contribution in [0.2, 0.25) is 0 Å². The van der Waals surface area contributed by atoms with Crippen molar-refractivity contribution in [3.8, 4) is 0 Å². The fourth-order valence-electron chi connectivity index (χ4n) is 5.15. The van der Waals surface area contributed by atoms with Gasteiger partial charge in [0.05, 0.1) is 35.1 Å². The molecule has 9 heteroatoms. The van der Waals surface area contributed by atoms with Crippen molar-refractivity contribution >= 4 is 27.9 Å². The number of hydrogen-bond donors (Lipinski definition) is 2. The van der Waals surface area contributed by atoms with Gasteiger partial charge in [-0.25, -0.2) is 4.79 Å². The number of imidazole rings is 1. The van der Waals surface area contributed by atoms with Crippen LogP contribution in [0.25, 0.3) is 21.9 Å². The molecule has 0 aliphatic heterocycles. The molecule has 5 aromatic rings. The molecule has 0 saturated carbocycles. The average Bonchev–Trinajstić information content (AvgIpc) is 3.41. The lowest BCUT2D eigenvalue weighted by molar-refractivity contribution is -0.138. The quantitative estimate of drug-likeness (QED) is 0.284. The second-order valence-corrected chi connectivity index (χ2v) is 9.16. The van der Waals surface area contributed by atoms with Gasteiger partial charge in [-0.05, 0) is 55.3 Å². The molecule has 0 bridgehead atoms. The number of nitrogens with one attached hydrogen (secondary N) is 1. The van der Waals surface area contributed by atoms with E-state index >= 15 is 0 Å². The highest BCUT2D eigenvalue weighted by Crippen LogP contribution is 2.34. The summed E-state index contributed by atoms with van der Waals surface area (Å²) in [5, 5.41) is 10.7. The van der Waals surface area contributed by atoms with Gasteiger partial charge in [-0.2, -0.15) is 13.2 Å². The summed E-state index contributed by atoms with van der Waals surface area (Å²) < 4.78 is 42.4. The van der Waals surface area contributed by atoms with Gasteiger partial charge in [-0.15, -0.1) is 0 Å². The maximum atomic E-state index is 14.0. The predicted octanol–water partition coefficient (Wildman–Crippen LogP) is 6.28. The van der Waals surface area contributed by atoms with E-state index in [0.717, 1.165) is 34.2 Å². The lowest BCUT2D eigenvalue weighted by Crippen LogP contribution is -2.31. The molecule has 2 atom stereocenters. The number of aryl methyl sites for hydroxylation is 1. The van der Waals surface area contributed by atoms with Crippen molar-refractivity contribution in [1.82, 2.24) is 14.1 Å². The first-order valence-corrected chi connectivity index (χ1v) is 11.7. The lowest BCUT2D eigenvalue weighted by atomic mass is 10.0. The number of benzene rings is 3. The first kappa shape index (κ1) is 24.4. The molecular formula is C28H24F3N3O3. The maximum Gasteiger partial charge on any atom is 0.416 e. The summed E-state index contributed by atoms with van der Waals surface area (Å²) in [7, 11) is 0. The zero-order valence-electron chi connectivity index (χ0n) is 20.1. The van der Waals surface area contributed by atoms with Gasteiger partial charge in [-0.1, -0.05) is 36.4 Å². The van der Waals surface area contributed by atoms with E-state index in [2.05, 4.69) is 4.98 Å². The highest BCUT2D eigenvalue weighted by molar-refractivity contribution is 5.87. The molecule has 2 unspecified atom stereocenters. The molecule has 0 saturated heterocycles. The number of nitrogens with zero attached hydrogens (tertiary/aromatic N) is 2. The zero-order valence-corrected chi connectivity index (χ0v) is 20.1. The van der Waals surface area contributed by atoms with E-state index in [1.807, 2.05) is 38.2 Å². The smallest absolute Gasteiger partial charge is 0.416 e. The Balaban J connectivity index is 1.71. The Kier molecular flexibility index (Phi) is 5.94. The molecule has 2 N–H and O–H groups in total. The van der Waals surface area contributed by atoms with Crippen LogP contribution >= 0.6 is 0 Å². The second-order valence-electron chi connectivity index (χ2n) is 9.16. The first-order chi connectivity index (χ1) is 17.6. The topological polar surface area (TPSA) is 80.0 Å². The van der Waals surface area contributed by atoms with E-state index in [4.69, 9.17) is 0 Å². The molecule has 37 heavy (non-hydrogen) atoms. The van der Waals surface area contributed by atoms with Gasteiger partial charge in [0.2, 0.25) is 0 Å². The molecule has 0 aliphatic carbocycles. The third-order valence-electron chi connectivity index (χ3n) is 6.90. The second kappa shape index (κ2) is 8.99. The summed E-state index contributed by atoms with van der Waals surface area (Å²) in [6.45, 7) is 3.89. The Bertz CT molecular complexity index is 1680. The number of rotatable bonds is 6. The van der Waals surface area contributed by atoms with Gasteiger partial charge in [0.15, 0.2) is 0 Å². The average molecular weight is 508 g/mol. The van der Waals surface area contributed by atoms with Gasteiger partial charge in [0.25, 0.3) is 0 Å². The highest BCUT2D eigenvalue weighted by atomic mass is 19.4. The molecule has 3 aromatic carbocycles. The summed E-state index contributed by atoms with van der Waals surface area (Å²) >= 11 is 0. The minimum atomic E-state index is -4.53. The van der Waals surface area contributed by atoms with Gasteiger partial charge in [-0.3, -0.25) is 13.9 Å². The third kappa shape index (κ3) is 4.20. The van der Waals surface area contributed by atoms with E-state index in [0.29, 0.717) is 16.6 Å². The van der Waals surface area contributed by atoms with E-state index in [1.165, 1.54) is 16.7 Å². The van der Waals surface area contributed by atoms with Crippen LogP contribution in [0.1, 0.15) is 47.7 Å². The minimum absolute atomic E-state index is 0.302. The van der Waals surface area contributed by atoms with Crippen molar-refractivity contribution in [2.75, 3.05) is 0 Å². The molecule has 2 heterocycles. The number of aromatic nitrogens is 3. The summed E-state index contributed by atoms with van der Waals surface area (Å²) in [5.41, 5.74) is 3.01. The zero-order chi connectivity index (χ0) is 26.5. The normalized spacial score (nSPS) is 13.8. The van der Waals surface area contributed by atoms with Crippen LogP contribution in [-0.2, 0) is 11.0 Å². The molecule has 5 rings (SSSR count). The molecule has 0 fully saturated rings. The Morgan fingerprint density at radius 2 is 1.62 bits per heavy atom. The van der Waals surface area contributed by atoms with Crippen LogP contribution in [-0.4, -0.2) is 25.2 Å². The van der Waals surface area contributed by atoms with Crippen molar-refractivity contribution in [3.63, 3.8) is 0 Å². The molecule has 0 amide bonds. The fourth-order valence-corrected chi connectivity index (χ4v) is 5.15. The number of carboxylic acids is 1. The van der Waals surface area contributed by atoms with Crippen LogP contribution < -0.4 is 5.69 Å². The minimum Gasteiger partial charge on any atom is -0.481 e. The number of para-hydroxylation sites is 2. The standard InChI is InChI=1S/C28H24F3N3O3/c1-16-6-5-7-21-26(16)20(15-32-21)17(2)33-22-8-3-4-9-23(22)34(27(33)37)24(14-25(35)36)18-10-12-19(13-11-18)28(29,30)31/h3-13,15,17,24,32H,14H2,1-2H3,(H,35,36). The number of fused-ring (bicyclic) bond motifs is 2. The van der Waals surface area contributed by atoms with Gasteiger partial charge in [0, 0.05) is 22.7 Å². The molecule has 0 spiro atoms. The SMILES string of the molecule is Cc1cccc2[nH]cc(C(C)n3c(=O)n(C(CC(=O)O)c4ccc(C(F)(F)F)cc4)c4ccccc43)c12. The van der Waals surface area contributed by atoms with Crippen molar-refractivity contribution in [3.05, 3.63) is 106 Å². The molecule has 0 radical (unpaired) electrons. The third-order valence-corrected chi connectivity index (χ3v) is 6.90. The number of carbonyl (C=O) groups is 1. The molecule has 190 valence electrons. The lowest BCUT2D eigenvalue weighted by Gasteiger charge is -2.19. The number of aliphatic carboxylic acids is 1. The number of carboxylic acid groups (broad SMARTS) is 1. The van der Waals surface area contributed by atoms with E-state index in [1.54, 1.807) is 28.8 Å². The van der Waals surface area contributed by atoms with Gasteiger partial charge in [0.1, 0.15) is 0 Å². The number of H-pyrrole nitrogens is 1. The van der Waals surface area contributed by atoms with Gasteiger partial charge < -0.3 is 10.1 Å². The van der Waals surface area contributed by atoms with E-state index < -0.39 is 41.9 Å². The highest BCUT2D eigenvalue weighted by Gasteiger charge is 2.31. The summed E-state index contributed by atoms with van der Waals surface area (Å²) in [5.74, 6) is -1.17. The van der Waals surface area contributed by atoms with Crippen molar-refractivity contribution in [2.45, 2.75) is 38.5 Å². The van der Waals surface area contributed by atoms with Crippen molar-refractivity contribution in [1.29, 1.82) is 0 Å². The monoisotopic (exact) mass is 507 g/mol. The van der Waals surface area contributed by atoms with Crippen LogP contribution in [0, 0.1) is 6.92 Å². The summed E-state index contributed by atoms with van der Waals surface area (Å²) in [6, 6.07) is 15.8. The van der Waals surface area contributed by atoms with Gasteiger partial charge >= 0.3 is 17.8 Å². The summed E-state index contributed by atoms with van der Waals surface area (Å²) in [6.07, 6.45) is -3.13. The van der Waals surface area contributed by atoms with E-state index in [9.17, 15) is 27.9 Å². The Hall–Kier alpha value is -4.27. The molecule has 0 aliphatic rings. The van der Waals surface area contributed by atoms with Crippen LogP contribution in [0.4, 0.5) is 13.2 Å². The van der Waals surface area contributed by atoms with Crippen LogP contribution in [0.15, 0.2) is 77.7 Å². The van der Waals surface area contributed by atoms with Crippen molar-refractivity contribution in [2.24, 2.45) is 0 Å². The Labute approximate surface area is 209 Å². The number of alkyl halides is 3. The molecular weight excluding hydrogens is 483 g/mol.